The largest absolute Gasteiger partial charge is 0.242 e. The van der Waals surface area contributed by atoms with Crippen LogP contribution in [0, 0.1) is 28.7 Å². The van der Waals surface area contributed by atoms with Crippen molar-refractivity contribution in [2.75, 3.05) is 0 Å². The van der Waals surface area contributed by atoms with E-state index in [2.05, 4.69) is 27.6 Å². The van der Waals surface area contributed by atoms with Crippen molar-refractivity contribution in [3.63, 3.8) is 0 Å². The Morgan fingerprint density at radius 1 is 1.55 bits per heavy atom. The predicted octanol–water partition coefficient (Wildman–Crippen LogP) is 2.17. The summed E-state index contributed by atoms with van der Waals surface area (Å²) in [5.74, 6) is 0. The number of aromatic nitrogens is 1. The van der Waals surface area contributed by atoms with Crippen LogP contribution in [0.15, 0.2) is 6.07 Å². The van der Waals surface area contributed by atoms with Gasteiger partial charge in [-0.1, -0.05) is 0 Å². The summed E-state index contributed by atoms with van der Waals surface area (Å²) in [5.41, 5.74) is 2.59. The summed E-state index contributed by atoms with van der Waals surface area (Å²) >= 11 is 2.21. The van der Waals surface area contributed by atoms with Gasteiger partial charge in [-0.25, -0.2) is 4.98 Å². The predicted molar refractivity (Wildman–Crippen MR) is 51.1 cm³/mol. The van der Waals surface area contributed by atoms with Gasteiger partial charge in [-0.15, -0.1) is 0 Å². The summed E-state index contributed by atoms with van der Waals surface area (Å²) in [6.45, 7) is 3.92. The van der Waals surface area contributed by atoms with Gasteiger partial charge < -0.3 is 0 Å². The fourth-order valence-electron chi connectivity index (χ4n) is 0.755. The highest BCUT2D eigenvalue weighted by atomic mass is 127. The van der Waals surface area contributed by atoms with Crippen molar-refractivity contribution >= 4 is 22.6 Å². The van der Waals surface area contributed by atoms with Gasteiger partial charge >= 0.3 is 0 Å². The maximum Gasteiger partial charge on any atom is 0.141 e. The Morgan fingerprint density at radius 2 is 2.18 bits per heavy atom. The molecule has 1 rings (SSSR count). The Morgan fingerprint density at radius 3 is 2.64 bits per heavy atom. The molecule has 0 spiro atoms. The van der Waals surface area contributed by atoms with Crippen LogP contribution >= 0.6 is 22.6 Å². The second-order valence-electron chi connectivity index (χ2n) is 2.31. The molecule has 0 saturated heterocycles. The molecule has 0 unspecified atom stereocenters. The number of aryl methyl sites for hydroxylation is 1. The van der Waals surface area contributed by atoms with Crippen molar-refractivity contribution in [2.24, 2.45) is 0 Å². The van der Waals surface area contributed by atoms with Crippen LogP contribution in [0.4, 0.5) is 0 Å². The number of nitriles is 1. The van der Waals surface area contributed by atoms with Crippen molar-refractivity contribution < 1.29 is 0 Å². The minimum absolute atomic E-state index is 0.498. The fraction of sp³-hybridized carbons (Fsp3) is 0.250. The molecule has 0 aliphatic heterocycles. The monoisotopic (exact) mass is 258 g/mol. The lowest BCUT2D eigenvalue weighted by Gasteiger charge is -2.01. The van der Waals surface area contributed by atoms with Gasteiger partial charge in [-0.2, -0.15) is 5.26 Å². The number of pyridine rings is 1. The molecule has 1 aromatic heterocycles. The molecule has 11 heavy (non-hydrogen) atoms. The van der Waals surface area contributed by atoms with Crippen molar-refractivity contribution in [3.05, 3.63) is 26.6 Å². The summed E-state index contributed by atoms with van der Waals surface area (Å²) in [6.07, 6.45) is 0. The SMILES string of the molecule is Cc1nc(C#N)cc(I)c1C. The van der Waals surface area contributed by atoms with E-state index in [0.717, 1.165) is 14.8 Å². The minimum Gasteiger partial charge on any atom is -0.242 e. The summed E-state index contributed by atoms with van der Waals surface area (Å²) in [7, 11) is 0. The lowest BCUT2D eigenvalue weighted by atomic mass is 10.2. The molecule has 1 aromatic rings. The molecular formula is C8H7IN2. The van der Waals surface area contributed by atoms with Crippen LogP contribution in [0.5, 0.6) is 0 Å². The Labute approximate surface area is 79.4 Å². The Hall–Kier alpha value is -0.630. The van der Waals surface area contributed by atoms with Crippen molar-refractivity contribution in [3.8, 4) is 6.07 Å². The van der Waals surface area contributed by atoms with Gasteiger partial charge in [-0.3, -0.25) is 0 Å². The van der Waals surface area contributed by atoms with E-state index >= 15 is 0 Å². The van der Waals surface area contributed by atoms with Crippen molar-refractivity contribution in [2.45, 2.75) is 13.8 Å². The average molecular weight is 258 g/mol. The molecular weight excluding hydrogens is 251 g/mol. The van der Waals surface area contributed by atoms with Gasteiger partial charge in [0, 0.05) is 9.26 Å². The highest BCUT2D eigenvalue weighted by Crippen LogP contribution is 2.14. The summed E-state index contributed by atoms with van der Waals surface area (Å²) in [6, 6.07) is 3.81. The Bertz CT molecular complexity index is 302. The van der Waals surface area contributed by atoms with Crippen LogP contribution in [-0.2, 0) is 0 Å². The summed E-state index contributed by atoms with van der Waals surface area (Å²) in [5, 5.41) is 8.56. The molecule has 1 heterocycles. The van der Waals surface area contributed by atoms with Gasteiger partial charge in [0.15, 0.2) is 0 Å². The molecule has 0 fully saturated rings. The average Bonchev–Trinajstić information content (AvgIpc) is 1.99. The Kier molecular flexibility index (Phi) is 2.45. The van der Waals surface area contributed by atoms with Gasteiger partial charge in [-0.05, 0) is 48.1 Å². The maximum absolute atomic E-state index is 8.56. The van der Waals surface area contributed by atoms with E-state index in [1.165, 1.54) is 0 Å². The van der Waals surface area contributed by atoms with Gasteiger partial charge in [0.1, 0.15) is 11.8 Å². The normalized spacial score (nSPS) is 9.27. The van der Waals surface area contributed by atoms with Crippen LogP contribution in [0.1, 0.15) is 17.0 Å². The van der Waals surface area contributed by atoms with Gasteiger partial charge in [0.2, 0.25) is 0 Å². The zero-order chi connectivity index (χ0) is 8.43. The first kappa shape index (κ1) is 8.47. The molecule has 0 bridgehead atoms. The van der Waals surface area contributed by atoms with Crippen LogP contribution in [0.25, 0.3) is 0 Å². The summed E-state index contributed by atoms with van der Waals surface area (Å²) < 4.78 is 1.10. The second-order valence-corrected chi connectivity index (χ2v) is 3.47. The standard InChI is InChI=1S/C8H7IN2/c1-5-6(2)11-7(4-10)3-8(5)9/h3H,1-2H3. The quantitative estimate of drug-likeness (QED) is 0.669. The molecule has 0 aliphatic rings. The third kappa shape index (κ3) is 1.69. The van der Waals surface area contributed by atoms with Crippen molar-refractivity contribution in [1.29, 1.82) is 5.26 Å². The van der Waals surface area contributed by atoms with Crippen LogP contribution in [0.2, 0.25) is 0 Å². The molecule has 56 valence electrons. The number of hydrogen-bond acceptors (Lipinski definition) is 2. The topological polar surface area (TPSA) is 36.7 Å². The first-order chi connectivity index (χ1) is 5.15. The molecule has 0 aromatic carbocycles. The zero-order valence-corrected chi connectivity index (χ0v) is 8.51. The summed E-state index contributed by atoms with van der Waals surface area (Å²) in [4.78, 5) is 4.09. The molecule has 0 radical (unpaired) electrons. The van der Waals surface area contributed by atoms with Crippen LogP contribution < -0.4 is 0 Å². The van der Waals surface area contributed by atoms with E-state index in [1.54, 1.807) is 6.07 Å². The fourth-order valence-corrected chi connectivity index (χ4v) is 1.44. The molecule has 2 nitrogen and oxygen atoms in total. The van der Waals surface area contributed by atoms with Crippen molar-refractivity contribution in [1.82, 2.24) is 4.98 Å². The molecule has 0 saturated carbocycles. The van der Waals surface area contributed by atoms with E-state index in [4.69, 9.17) is 5.26 Å². The third-order valence-corrected chi connectivity index (χ3v) is 2.69. The second kappa shape index (κ2) is 3.18. The Balaban J connectivity index is 3.35. The first-order valence-corrected chi connectivity index (χ1v) is 4.27. The number of hydrogen-bond donors (Lipinski definition) is 0. The molecule has 3 heteroatoms. The van der Waals surface area contributed by atoms with Gasteiger partial charge in [0.25, 0.3) is 0 Å². The number of rotatable bonds is 0. The van der Waals surface area contributed by atoms with E-state index < -0.39 is 0 Å². The maximum atomic E-state index is 8.56. The van der Waals surface area contributed by atoms with Crippen LogP contribution in [0.3, 0.4) is 0 Å². The molecule has 0 atom stereocenters. The smallest absolute Gasteiger partial charge is 0.141 e. The van der Waals surface area contributed by atoms with Gasteiger partial charge in [0.05, 0.1) is 0 Å². The van der Waals surface area contributed by atoms with E-state index in [0.29, 0.717) is 5.69 Å². The van der Waals surface area contributed by atoms with E-state index in [-0.39, 0.29) is 0 Å². The van der Waals surface area contributed by atoms with E-state index in [9.17, 15) is 0 Å². The van der Waals surface area contributed by atoms with E-state index in [1.807, 2.05) is 19.9 Å². The highest BCUT2D eigenvalue weighted by Gasteiger charge is 2.01. The lowest BCUT2D eigenvalue weighted by molar-refractivity contribution is 1.11. The third-order valence-electron chi connectivity index (χ3n) is 1.57. The molecule has 0 N–H and O–H groups in total. The number of nitrogens with zero attached hydrogens (tertiary/aromatic N) is 2. The van der Waals surface area contributed by atoms with Crippen LogP contribution in [-0.4, -0.2) is 4.98 Å². The minimum atomic E-state index is 0.498. The number of halogens is 1. The lowest BCUT2D eigenvalue weighted by Crippen LogP contribution is -1.93. The molecule has 0 aliphatic carbocycles. The zero-order valence-electron chi connectivity index (χ0n) is 6.35. The highest BCUT2D eigenvalue weighted by molar-refractivity contribution is 14.1. The first-order valence-electron chi connectivity index (χ1n) is 3.19. The molecule has 0 amide bonds.